The zero-order valence-corrected chi connectivity index (χ0v) is 20.7. The molecule has 1 N–H and O–H groups in total. The summed E-state index contributed by atoms with van der Waals surface area (Å²) in [6, 6.07) is 10.2. The molecule has 0 aliphatic carbocycles. The minimum absolute atomic E-state index is 0.0503. The van der Waals surface area contributed by atoms with Crippen LogP contribution in [-0.2, 0) is 20.8 Å². The molecular formula is C26H37N5O3. The third-order valence-electron chi connectivity index (χ3n) is 6.21. The van der Waals surface area contributed by atoms with Crippen LogP contribution in [0.3, 0.4) is 0 Å². The highest BCUT2D eigenvalue weighted by molar-refractivity contribution is 5.78. The summed E-state index contributed by atoms with van der Waals surface area (Å²) < 4.78 is 13.1. The highest BCUT2D eigenvalue weighted by Crippen LogP contribution is 2.31. The molecule has 2 heterocycles. The number of nitrogens with one attached hydrogen (secondary N) is 1. The molecule has 0 radical (unpaired) electrons. The zero-order chi connectivity index (χ0) is 24.3. The number of hydrogen-bond donors (Lipinski definition) is 1. The monoisotopic (exact) mass is 467 g/mol. The molecule has 3 rings (SSSR count). The first-order valence-corrected chi connectivity index (χ1v) is 12.0. The lowest BCUT2D eigenvalue weighted by molar-refractivity contribution is -0.139. The van der Waals surface area contributed by atoms with Gasteiger partial charge in [0.1, 0.15) is 0 Å². The molecule has 34 heavy (non-hydrogen) atoms. The Morgan fingerprint density at radius 3 is 2.88 bits per heavy atom. The van der Waals surface area contributed by atoms with Gasteiger partial charge in [-0.15, -0.1) is 5.10 Å². The second kappa shape index (κ2) is 13.2. The number of ether oxygens (including phenoxy) is 2. The molecule has 0 bridgehead atoms. The van der Waals surface area contributed by atoms with Crippen molar-refractivity contribution in [3.8, 4) is 11.8 Å². The van der Waals surface area contributed by atoms with Gasteiger partial charge in [0, 0.05) is 27.2 Å². The first-order chi connectivity index (χ1) is 16.5. The van der Waals surface area contributed by atoms with E-state index >= 15 is 0 Å². The molecule has 2 aromatic rings. The molecule has 8 heteroatoms. The van der Waals surface area contributed by atoms with Crippen molar-refractivity contribution >= 4 is 5.91 Å². The molecule has 1 aromatic heterocycles. The van der Waals surface area contributed by atoms with Gasteiger partial charge in [-0.1, -0.05) is 48.4 Å². The number of rotatable bonds is 11. The van der Waals surface area contributed by atoms with Crippen LogP contribution in [0.25, 0.3) is 0 Å². The lowest BCUT2D eigenvalue weighted by atomic mass is 9.99. The topological polar surface area (TPSA) is 81.5 Å². The van der Waals surface area contributed by atoms with Crippen molar-refractivity contribution in [2.24, 2.45) is 5.92 Å². The van der Waals surface area contributed by atoms with Crippen LogP contribution in [0, 0.1) is 17.8 Å². The maximum Gasteiger partial charge on any atom is 0.228 e. The van der Waals surface area contributed by atoms with Crippen molar-refractivity contribution in [2.45, 2.75) is 57.9 Å². The van der Waals surface area contributed by atoms with Crippen LogP contribution < -0.4 is 5.32 Å². The van der Waals surface area contributed by atoms with Crippen LogP contribution in [-0.4, -0.2) is 71.9 Å². The molecular weight excluding hydrogens is 430 g/mol. The number of carbonyl (C=O) groups is 1. The van der Waals surface area contributed by atoms with Gasteiger partial charge in [-0.25, -0.2) is 4.68 Å². The van der Waals surface area contributed by atoms with E-state index < -0.39 is 0 Å². The summed E-state index contributed by atoms with van der Waals surface area (Å²) in [5.74, 6) is 6.03. The Labute approximate surface area is 203 Å². The molecule has 184 valence electrons. The van der Waals surface area contributed by atoms with Gasteiger partial charge in [-0.05, 0) is 37.7 Å². The van der Waals surface area contributed by atoms with Crippen LogP contribution in [0.2, 0.25) is 0 Å². The number of amides is 1. The summed E-state index contributed by atoms with van der Waals surface area (Å²) in [7, 11) is 3.54. The van der Waals surface area contributed by atoms with E-state index in [0.717, 1.165) is 31.4 Å². The number of hydrogen-bond acceptors (Lipinski definition) is 6. The van der Waals surface area contributed by atoms with E-state index in [2.05, 4.69) is 34.4 Å². The molecule has 1 aromatic carbocycles. The van der Waals surface area contributed by atoms with Gasteiger partial charge in [0.05, 0.1) is 43.5 Å². The smallest absolute Gasteiger partial charge is 0.228 e. The van der Waals surface area contributed by atoms with Crippen molar-refractivity contribution in [3.05, 3.63) is 47.8 Å². The third-order valence-corrected chi connectivity index (χ3v) is 6.21. The summed E-state index contributed by atoms with van der Waals surface area (Å²) in [6.45, 7) is 6.71. The second-order valence-electron chi connectivity index (χ2n) is 8.98. The average Bonchev–Trinajstić information content (AvgIpc) is 3.51. The predicted molar refractivity (Wildman–Crippen MR) is 131 cm³/mol. The van der Waals surface area contributed by atoms with Crippen molar-refractivity contribution in [1.82, 2.24) is 25.2 Å². The Hall–Kier alpha value is -2.73. The van der Waals surface area contributed by atoms with E-state index in [4.69, 9.17) is 9.47 Å². The third kappa shape index (κ3) is 7.66. The van der Waals surface area contributed by atoms with Gasteiger partial charge in [0.2, 0.25) is 5.91 Å². The van der Waals surface area contributed by atoms with Crippen molar-refractivity contribution < 1.29 is 14.3 Å². The molecule has 4 atom stereocenters. The first kappa shape index (κ1) is 25.9. The van der Waals surface area contributed by atoms with Gasteiger partial charge in [-0.3, -0.25) is 4.79 Å². The van der Waals surface area contributed by atoms with Gasteiger partial charge < -0.3 is 19.7 Å². The Balaban J connectivity index is 1.44. The highest BCUT2D eigenvalue weighted by Gasteiger charge is 2.35. The zero-order valence-electron chi connectivity index (χ0n) is 20.7. The molecule has 0 spiro atoms. The predicted octanol–water partition coefficient (Wildman–Crippen LogP) is 2.66. The maximum atomic E-state index is 12.9. The minimum atomic E-state index is -0.167. The standard InChI is InChI=1S/C26H37N5O3/c1-20(31-19-23(28-29-31)11-8-14-27-15-16-33-4)17-24-12-13-25(34-24)21(2)26(32)30(3)18-22-9-6-5-7-10-22/h5-7,9-10,19-21,24-25,27H,12-18H2,1-4H3/t20-,21-,24+,25-/m1/s1. The normalized spacial score (nSPS) is 19.3. The Morgan fingerprint density at radius 1 is 1.32 bits per heavy atom. The van der Waals surface area contributed by atoms with Crippen LogP contribution >= 0.6 is 0 Å². The number of carbonyl (C=O) groups excluding carboxylic acids is 1. The molecule has 1 aliphatic rings. The number of aromatic nitrogens is 3. The lowest BCUT2D eigenvalue weighted by Gasteiger charge is -2.26. The molecule has 1 saturated heterocycles. The van der Waals surface area contributed by atoms with Crippen LogP contribution in [0.15, 0.2) is 36.5 Å². The molecule has 0 unspecified atom stereocenters. The molecule has 1 amide bonds. The summed E-state index contributed by atoms with van der Waals surface area (Å²) in [4.78, 5) is 14.7. The van der Waals surface area contributed by atoms with E-state index in [9.17, 15) is 4.79 Å². The number of methoxy groups -OCH3 is 1. The summed E-state index contributed by atoms with van der Waals surface area (Å²) >= 11 is 0. The molecule has 1 fully saturated rings. The minimum Gasteiger partial charge on any atom is -0.383 e. The van der Waals surface area contributed by atoms with E-state index in [-0.39, 0.29) is 30.1 Å². The van der Waals surface area contributed by atoms with Gasteiger partial charge in [-0.2, -0.15) is 0 Å². The first-order valence-electron chi connectivity index (χ1n) is 12.0. The van der Waals surface area contributed by atoms with Gasteiger partial charge >= 0.3 is 0 Å². The van der Waals surface area contributed by atoms with Crippen molar-refractivity contribution in [1.29, 1.82) is 0 Å². The summed E-state index contributed by atoms with van der Waals surface area (Å²) in [5.41, 5.74) is 1.79. The fourth-order valence-electron chi connectivity index (χ4n) is 4.21. The number of benzene rings is 1. The van der Waals surface area contributed by atoms with Crippen molar-refractivity contribution in [3.63, 3.8) is 0 Å². The Morgan fingerprint density at radius 2 is 2.12 bits per heavy atom. The number of nitrogens with zero attached hydrogens (tertiary/aromatic N) is 4. The molecule has 8 nitrogen and oxygen atoms in total. The van der Waals surface area contributed by atoms with Crippen LogP contribution in [0.1, 0.15) is 50.4 Å². The summed E-state index contributed by atoms with van der Waals surface area (Å²) in [5, 5.41) is 11.6. The van der Waals surface area contributed by atoms with E-state index in [1.807, 2.05) is 55.2 Å². The van der Waals surface area contributed by atoms with Crippen LogP contribution in [0.4, 0.5) is 0 Å². The molecule has 0 saturated carbocycles. The quantitative estimate of drug-likeness (QED) is 0.404. The van der Waals surface area contributed by atoms with Gasteiger partial charge in [0.25, 0.3) is 0 Å². The molecule has 1 aliphatic heterocycles. The van der Waals surface area contributed by atoms with E-state index in [1.54, 1.807) is 12.0 Å². The largest absolute Gasteiger partial charge is 0.383 e. The average molecular weight is 468 g/mol. The van der Waals surface area contributed by atoms with E-state index in [1.165, 1.54) is 0 Å². The second-order valence-corrected chi connectivity index (χ2v) is 8.98. The van der Waals surface area contributed by atoms with E-state index in [0.29, 0.717) is 25.4 Å². The lowest BCUT2D eigenvalue weighted by Crippen LogP contribution is -2.37. The Kier molecular flexibility index (Phi) is 10.1. The fourth-order valence-corrected chi connectivity index (χ4v) is 4.21. The van der Waals surface area contributed by atoms with Crippen molar-refractivity contribution in [2.75, 3.05) is 33.9 Å². The fraction of sp³-hybridized carbons (Fsp3) is 0.577. The Bertz CT molecular complexity index is 952. The maximum absolute atomic E-state index is 12.9. The van der Waals surface area contributed by atoms with Gasteiger partial charge in [0.15, 0.2) is 5.69 Å². The highest BCUT2D eigenvalue weighted by atomic mass is 16.5. The van der Waals surface area contributed by atoms with Crippen LogP contribution in [0.5, 0.6) is 0 Å². The SMILES string of the molecule is COCCNCC#Cc1cn([C@H](C)C[C@@H]2CC[C@H]([C@@H](C)C(=O)N(C)Cc3ccccc3)O2)nn1. The summed E-state index contributed by atoms with van der Waals surface area (Å²) in [6.07, 6.45) is 4.61.